The van der Waals surface area contributed by atoms with Crippen LogP contribution in [0.15, 0.2) is 18.2 Å². The molecule has 0 bridgehead atoms. The number of benzene rings is 1. The Balaban J connectivity index is 2.01. The lowest BCUT2D eigenvalue weighted by Gasteiger charge is -2.44. The van der Waals surface area contributed by atoms with Crippen LogP contribution in [0.3, 0.4) is 0 Å². The summed E-state index contributed by atoms with van der Waals surface area (Å²) in [5, 5.41) is 0. The third-order valence-electron chi connectivity index (χ3n) is 5.93. The number of ether oxygens (including phenoxy) is 2. The topological polar surface area (TPSA) is 86.7 Å². The molecule has 2 fully saturated rings. The first-order valence-corrected chi connectivity index (χ1v) is 8.89. The highest BCUT2D eigenvalue weighted by Crippen LogP contribution is 2.61. The number of cyclic esters (lactones) is 4. The van der Waals surface area contributed by atoms with Gasteiger partial charge in [0.1, 0.15) is 0 Å². The van der Waals surface area contributed by atoms with E-state index in [-0.39, 0.29) is 11.1 Å². The van der Waals surface area contributed by atoms with Gasteiger partial charge in [0.25, 0.3) is 0 Å². The second-order valence-corrected chi connectivity index (χ2v) is 7.65. The van der Waals surface area contributed by atoms with E-state index in [4.69, 9.17) is 0 Å². The molecule has 0 amide bonds. The van der Waals surface area contributed by atoms with Crippen LogP contribution in [0.2, 0.25) is 0 Å². The molecule has 0 N–H and O–H groups in total. The predicted molar refractivity (Wildman–Crippen MR) is 84.9 cm³/mol. The van der Waals surface area contributed by atoms with Crippen molar-refractivity contribution in [1.29, 1.82) is 0 Å². The normalized spacial score (nSPS) is 31.3. The van der Waals surface area contributed by atoms with Crippen molar-refractivity contribution in [2.45, 2.75) is 37.3 Å². The number of hydrogen-bond donors (Lipinski definition) is 0. The van der Waals surface area contributed by atoms with Crippen LogP contribution in [0, 0.1) is 24.7 Å². The molecule has 0 saturated carbocycles. The Kier molecular flexibility index (Phi) is 4.30. The maximum absolute atomic E-state index is 14.8. The fourth-order valence-electron chi connectivity index (χ4n) is 4.74. The Bertz CT molecular complexity index is 984. The van der Waals surface area contributed by atoms with Gasteiger partial charge in [-0.05, 0) is 18.1 Å². The van der Waals surface area contributed by atoms with Gasteiger partial charge in [-0.3, -0.25) is 19.2 Å². The molecule has 1 aromatic carbocycles. The molecular weight excluding hydrogens is 419 g/mol. The number of halogens is 5. The second kappa shape index (κ2) is 6.32. The highest BCUT2D eigenvalue weighted by Gasteiger charge is 2.72. The number of carbonyl (C=O) groups excluding carboxylic acids is 4. The van der Waals surface area contributed by atoms with Crippen LogP contribution in [0.25, 0.3) is 0 Å². The molecule has 4 rings (SSSR count). The van der Waals surface area contributed by atoms with Gasteiger partial charge in [-0.2, -0.15) is 22.0 Å². The summed E-state index contributed by atoms with van der Waals surface area (Å²) in [5.41, 5.74) is 0.436. The van der Waals surface area contributed by atoms with E-state index < -0.39 is 72.0 Å². The number of rotatable bonds is 2. The van der Waals surface area contributed by atoms with E-state index >= 15 is 0 Å². The third kappa shape index (κ3) is 2.74. The van der Waals surface area contributed by atoms with E-state index in [9.17, 15) is 41.1 Å². The number of aryl methyl sites for hydroxylation is 1. The van der Waals surface area contributed by atoms with Gasteiger partial charge >= 0.3 is 36.0 Å². The van der Waals surface area contributed by atoms with Gasteiger partial charge < -0.3 is 9.47 Å². The largest absolute Gasteiger partial charge is 0.453 e. The van der Waals surface area contributed by atoms with Gasteiger partial charge in [-0.15, -0.1) is 0 Å². The van der Waals surface area contributed by atoms with Crippen molar-refractivity contribution in [3.63, 3.8) is 0 Å². The van der Waals surface area contributed by atoms with E-state index in [0.717, 1.165) is 0 Å². The molecule has 11 heteroatoms. The first kappa shape index (κ1) is 20.4. The number of esters is 4. The minimum Gasteiger partial charge on any atom is -0.393 e. The maximum Gasteiger partial charge on any atom is 0.453 e. The van der Waals surface area contributed by atoms with Gasteiger partial charge in [-0.25, -0.2) is 0 Å². The summed E-state index contributed by atoms with van der Waals surface area (Å²) in [6.07, 6.45) is -6.80. The lowest BCUT2D eigenvalue weighted by molar-refractivity contribution is -0.312. The Labute approximate surface area is 165 Å². The molecule has 2 heterocycles. The minimum atomic E-state index is -6.08. The van der Waals surface area contributed by atoms with Gasteiger partial charge in [0.2, 0.25) is 0 Å². The summed E-state index contributed by atoms with van der Waals surface area (Å²) in [7, 11) is 0. The molecule has 160 valence electrons. The number of alkyl halides is 5. The maximum atomic E-state index is 14.8. The van der Waals surface area contributed by atoms with Crippen molar-refractivity contribution in [2.24, 2.45) is 17.8 Å². The van der Waals surface area contributed by atoms with Crippen LogP contribution in [-0.4, -0.2) is 36.0 Å². The summed E-state index contributed by atoms with van der Waals surface area (Å²) in [6, 6.07) is 4.03. The molecule has 0 spiro atoms. The lowest BCUT2D eigenvalue weighted by Crippen LogP contribution is -2.54. The molecule has 1 aliphatic carbocycles. The van der Waals surface area contributed by atoms with E-state index in [1.807, 2.05) is 0 Å². The molecule has 0 radical (unpaired) electrons. The molecule has 30 heavy (non-hydrogen) atoms. The summed E-state index contributed by atoms with van der Waals surface area (Å²) < 4.78 is 78.6. The summed E-state index contributed by atoms with van der Waals surface area (Å²) in [4.78, 5) is 48.3. The number of hydrogen-bond acceptors (Lipinski definition) is 6. The Hall–Kier alpha value is -2.85. The van der Waals surface area contributed by atoms with Crippen LogP contribution < -0.4 is 0 Å². The van der Waals surface area contributed by atoms with Crippen LogP contribution in [0.5, 0.6) is 0 Å². The fraction of sp³-hybridized carbons (Fsp3) is 0.474. The first-order chi connectivity index (χ1) is 13.8. The third-order valence-corrected chi connectivity index (χ3v) is 5.93. The zero-order valence-corrected chi connectivity index (χ0v) is 15.2. The molecule has 2 saturated heterocycles. The van der Waals surface area contributed by atoms with Crippen molar-refractivity contribution in [3.8, 4) is 0 Å². The Morgan fingerprint density at radius 2 is 1.53 bits per heavy atom. The van der Waals surface area contributed by atoms with Crippen LogP contribution in [0.4, 0.5) is 22.0 Å². The van der Waals surface area contributed by atoms with Gasteiger partial charge in [0.15, 0.2) is 0 Å². The summed E-state index contributed by atoms with van der Waals surface area (Å²) in [5.74, 6) is -20.8. The molecular formula is C19H13F5O6. The highest BCUT2D eigenvalue weighted by atomic mass is 19.4. The standard InChI is InChI=1S/C19H13F5O6/c1-6-2-3-7-8(4-6)12-13(17(28)30-16(12)27)14(18(20,21)19(22,23)24)11(7)9-5-10(25)29-15(9)26/h2-4,9,11-14H,5H2,1H3. The van der Waals surface area contributed by atoms with Gasteiger partial charge in [0, 0.05) is 5.92 Å². The van der Waals surface area contributed by atoms with E-state index in [0.29, 0.717) is 5.56 Å². The lowest BCUT2D eigenvalue weighted by atomic mass is 9.58. The molecule has 3 aliphatic rings. The zero-order valence-electron chi connectivity index (χ0n) is 15.2. The van der Waals surface area contributed by atoms with Gasteiger partial charge in [-0.1, -0.05) is 23.8 Å². The molecule has 0 aromatic heterocycles. The van der Waals surface area contributed by atoms with Crippen molar-refractivity contribution < 1.29 is 50.6 Å². The average molecular weight is 432 g/mol. The van der Waals surface area contributed by atoms with Crippen molar-refractivity contribution in [2.75, 3.05) is 0 Å². The smallest absolute Gasteiger partial charge is 0.393 e. The van der Waals surface area contributed by atoms with Crippen LogP contribution >= 0.6 is 0 Å². The second-order valence-electron chi connectivity index (χ2n) is 7.65. The SMILES string of the molecule is Cc1ccc2c(c1)C1C(=O)OC(=O)C1C(C(F)(F)C(F)(F)F)C2C1CC(=O)OC1=O. The number of fused-ring (bicyclic) bond motifs is 3. The van der Waals surface area contributed by atoms with E-state index in [1.165, 1.54) is 18.2 Å². The Morgan fingerprint density at radius 3 is 2.10 bits per heavy atom. The fourth-order valence-corrected chi connectivity index (χ4v) is 4.74. The van der Waals surface area contributed by atoms with Crippen molar-refractivity contribution in [3.05, 3.63) is 34.9 Å². The van der Waals surface area contributed by atoms with Crippen molar-refractivity contribution >= 4 is 23.9 Å². The van der Waals surface area contributed by atoms with E-state index in [1.54, 1.807) is 6.92 Å². The molecule has 1 aromatic rings. The summed E-state index contributed by atoms with van der Waals surface area (Å²) in [6.45, 7) is 1.59. The molecule has 5 atom stereocenters. The molecule has 5 unspecified atom stereocenters. The van der Waals surface area contributed by atoms with Crippen molar-refractivity contribution in [1.82, 2.24) is 0 Å². The highest BCUT2D eigenvalue weighted by molar-refractivity contribution is 6.01. The van der Waals surface area contributed by atoms with Crippen LogP contribution in [-0.2, 0) is 28.7 Å². The molecule has 2 aliphatic heterocycles. The molecule has 6 nitrogen and oxygen atoms in total. The monoisotopic (exact) mass is 432 g/mol. The average Bonchev–Trinajstić information content (AvgIpc) is 3.10. The number of carbonyl (C=O) groups is 4. The first-order valence-electron chi connectivity index (χ1n) is 8.89. The quantitative estimate of drug-likeness (QED) is 0.406. The predicted octanol–water partition coefficient (Wildman–Crippen LogP) is 2.78. The van der Waals surface area contributed by atoms with Gasteiger partial charge in [0.05, 0.1) is 30.1 Å². The summed E-state index contributed by atoms with van der Waals surface area (Å²) >= 11 is 0. The van der Waals surface area contributed by atoms with E-state index in [2.05, 4.69) is 9.47 Å². The zero-order chi connectivity index (χ0) is 22.2. The minimum absolute atomic E-state index is 0.0298. The Morgan fingerprint density at radius 1 is 0.867 bits per heavy atom. The van der Waals surface area contributed by atoms with Crippen LogP contribution in [0.1, 0.15) is 34.9 Å².